The van der Waals surface area contributed by atoms with E-state index in [-0.39, 0.29) is 10.5 Å². The van der Waals surface area contributed by atoms with Crippen LogP contribution < -0.4 is 11.3 Å². The third-order valence-electron chi connectivity index (χ3n) is 3.69. The number of alkyl halides is 3. The summed E-state index contributed by atoms with van der Waals surface area (Å²) in [7, 11) is 0.638. The zero-order valence-electron chi connectivity index (χ0n) is 13.5. The Morgan fingerprint density at radius 1 is 1.31 bits per heavy atom. The summed E-state index contributed by atoms with van der Waals surface area (Å²) in [6, 6.07) is 6.26. The van der Waals surface area contributed by atoms with Crippen LogP contribution in [0.1, 0.15) is 11.1 Å². The van der Waals surface area contributed by atoms with E-state index in [0.717, 1.165) is 10.1 Å². The lowest BCUT2D eigenvalue weighted by molar-refractivity contribution is -0.267. The maximum atomic E-state index is 13.5. The zero-order chi connectivity index (χ0) is 19.9. The van der Waals surface area contributed by atoms with Gasteiger partial charge >= 0.3 is 12.1 Å². The van der Waals surface area contributed by atoms with Crippen molar-refractivity contribution in [3.8, 4) is 5.69 Å². The summed E-state index contributed by atoms with van der Waals surface area (Å²) in [5.74, 6) is -2.94. The Labute approximate surface area is 149 Å². The Morgan fingerprint density at radius 3 is 2.31 bits per heavy atom. The highest BCUT2D eigenvalue weighted by Gasteiger charge is 2.64. The number of carbonyl (C=O) groups is 1. The van der Waals surface area contributed by atoms with Crippen molar-refractivity contribution < 1.29 is 27.8 Å². The lowest BCUT2D eigenvalue weighted by Gasteiger charge is -2.29. The standard InChI is InChI=1S/C15H14F3N3O4S/c1-7-3-5-8(6-4-7)21-10(19)9(11(22)20-13(21)26)14(24,12(23)25-2)15(16,17)18/h3-6,24H,19H2,1-2H3,(H,20,22,26). The van der Waals surface area contributed by atoms with Gasteiger partial charge in [0.05, 0.1) is 7.11 Å². The minimum atomic E-state index is -5.57. The van der Waals surface area contributed by atoms with Crippen molar-refractivity contribution in [3.05, 3.63) is 50.5 Å². The Morgan fingerprint density at radius 2 is 1.85 bits per heavy atom. The summed E-state index contributed by atoms with van der Waals surface area (Å²) in [6.07, 6.45) is -5.57. The fourth-order valence-electron chi connectivity index (χ4n) is 2.36. The smallest absolute Gasteiger partial charge is 0.432 e. The highest BCUT2D eigenvalue weighted by Crippen LogP contribution is 2.41. The Kier molecular flexibility index (Phi) is 4.97. The fraction of sp³-hybridized carbons (Fsp3) is 0.267. The number of nitrogens with two attached hydrogens (primary N) is 1. The number of nitrogens with zero attached hydrogens (tertiary/aromatic N) is 1. The number of nitrogen functional groups attached to an aromatic ring is 1. The first kappa shape index (κ1) is 19.7. The molecular weight excluding hydrogens is 375 g/mol. The van der Waals surface area contributed by atoms with Gasteiger partial charge in [0.15, 0.2) is 4.77 Å². The van der Waals surface area contributed by atoms with E-state index in [9.17, 15) is 27.9 Å². The largest absolute Gasteiger partial charge is 0.466 e. The molecule has 0 aliphatic rings. The van der Waals surface area contributed by atoms with Crippen molar-refractivity contribution in [1.29, 1.82) is 0 Å². The van der Waals surface area contributed by atoms with E-state index in [1.807, 2.05) is 4.98 Å². The molecule has 11 heteroatoms. The summed E-state index contributed by atoms with van der Waals surface area (Å²) in [4.78, 5) is 25.8. The second-order valence-electron chi connectivity index (χ2n) is 5.39. The molecule has 0 aliphatic heterocycles. The number of aliphatic hydroxyl groups is 1. The lowest BCUT2D eigenvalue weighted by atomic mass is 9.94. The Balaban J connectivity index is 2.92. The van der Waals surface area contributed by atoms with Gasteiger partial charge in [-0.15, -0.1) is 0 Å². The number of anilines is 1. The quantitative estimate of drug-likeness (QED) is 0.545. The number of hydrogen-bond donors (Lipinski definition) is 3. The molecule has 1 atom stereocenters. The van der Waals surface area contributed by atoms with Crippen LogP contribution in [-0.2, 0) is 15.1 Å². The predicted octanol–water partition coefficient (Wildman–Crippen LogP) is 1.71. The highest BCUT2D eigenvalue weighted by atomic mass is 32.1. The molecule has 1 heterocycles. The van der Waals surface area contributed by atoms with E-state index in [4.69, 9.17) is 18.0 Å². The molecule has 4 N–H and O–H groups in total. The number of benzene rings is 1. The molecule has 1 aromatic carbocycles. The molecule has 2 aromatic rings. The van der Waals surface area contributed by atoms with Gasteiger partial charge in [0.25, 0.3) is 11.2 Å². The highest BCUT2D eigenvalue weighted by molar-refractivity contribution is 7.71. The van der Waals surface area contributed by atoms with Gasteiger partial charge in [-0.3, -0.25) is 14.3 Å². The molecule has 2 rings (SSSR count). The van der Waals surface area contributed by atoms with Crippen molar-refractivity contribution in [2.75, 3.05) is 12.8 Å². The first-order valence-electron chi connectivity index (χ1n) is 7.05. The molecule has 140 valence electrons. The van der Waals surface area contributed by atoms with Crippen LogP contribution in [0.25, 0.3) is 5.69 Å². The van der Waals surface area contributed by atoms with E-state index < -0.39 is 34.7 Å². The van der Waals surface area contributed by atoms with Crippen LogP contribution in [0.5, 0.6) is 0 Å². The molecule has 0 radical (unpaired) electrons. The number of H-pyrrole nitrogens is 1. The van der Waals surface area contributed by atoms with Crippen molar-refractivity contribution >= 4 is 24.0 Å². The van der Waals surface area contributed by atoms with Gasteiger partial charge in [-0.05, 0) is 31.3 Å². The van der Waals surface area contributed by atoms with E-state index in [0.29, 0.717) is 7.11 Å². The minimum absolute atomic E-state index is 0.227. The van der Waals surface area contributed by atoms with Crippen LogP contribution in [0.4, 0.5) is 19.0 Å². The monoisotopic (exact) mass is 389 g/mol. The minimum Gasteiger partial charge on any atom is -0.466 e. The number of halogens is 3. The molecule has 7 nitrogen and oxygen atoms in total. The topological polar surface area (TPSA) is 110 Å². The first-order chi connectivity index (χ1) is 11.9. The van der Waals surface area contributed by atoms with Crippen LogP contribution in [0.15, 0.2) is 29.1 Å². The van der Waals surface area contributed by atoms with Gasteiger partial charge in [-0.1, -0.05) is 17.7 Å². The predicted molar refractivity (Wildman–Crippen MR) is 88.3 cm³/mol. The maximum absolute atomic E-state index is 13.5. The fourth-order valence-corrected chi connectivity index (χ4v) is 2.66. The van der Waals surface area contributed by atoms with Crippen molar-refractivity contribution in [2.45, 2.75) is 18.7 Å². The molecule has 1 aromatic heterocycles. The normalized spacial score (nSPS) is 13.9. The molecule has 0 saturated carbocycles. The molecular formula is C15H14F3N3O4S. The second-order valence-corrected chi connectivity index (χ2v) is 5.78. The van der Waals surface area contributed by atoms with Gasteiger partial charge in [0.1, 0.15) is 11.4 Å². The Hall–Kier alpha value is -2.66. The third-order valence-corrected chi connectivity index (χ3v) is 3.98. The number of carbonyl (C=O) groups excluding carboxylic acids is 1. The summed E-state index contributed by atoms with van der Waals surface area (Å²) in [6.45, 7) is 1.78. The molecule has 1 unspecified atom stereocenters. The van der Waals surface area contributed by atoms with E-state index in [1.54, 1.807) is 19.1 Å². The average molecular weight is 389 g/mol. The summed E-state index contributed by atoms with van der Waals surface area (Å²) in [5, 5.41) is 10.1. The number of ether oxygens (including phenoxy) is 1. The number of aromatic amines is 1. The van der Waals surface area contributed by atoms with Crippen molar-refractivity contribution in [1.82, 2.24) is 9.55 Å². The number of rotatable bonds is 3. The number of methoxy groups -OCH3 is 1. The molecule has 26 heavy (non-hydrogen) atoms. The molecule has 0 bridgehead atoms. The van der Waals surface area contributed by atoms with Crippen LogP contribution in [0.2, 0.25) is 0 Å². The molecule has 0 amide bonds. The van der Waals surface area contributed by atoms with Gasteiger partial charge in [0, 0.05) is 5.69 Å². The molecule has 0 spiro atoms. The number of hydrogen-bond acceptors (Lipinski definition) is 6. The van der Waals surface area contributed by atoms with Crippen LogP contribution >= 0.6 is 12.2 Å². The van der Waals surface area contributed by atoms with Gasteiger partial charge < -0.3 is 15.6 Å². The lowest BCUT2D eigenvalue weighted by Crippen LogP contribution is -2.53. The second kappa shape index (κ2) is 6.57. The molecule has 0 fully saturated rings. The van der Waals surface area contributed by atoms with Crippen molar-refractivity contribution in [2.24, 2.45) is 0 Å². The number of aryl methyl sites for hydroxylation is 1. The van der Waals surface area contributed by atoms with E-state index in [2.05, 4.69) is 4.74 Å². The average Bonchev–Trinajstić information content (AvgIpc) is 2.54. The summed E-state index contributed by atoms with van der Waals surface area (Å²) in [5.41, 5.74) is -0.334. The maximum Gasteiger partial charge on any atom is 0.432 e. The molecule has 0 saturated heterocycles. The van der Waals surface area contributed by atoms with Gasteiger partial charge in [-0.2, -0.15) is 13.2 Å². The van der Waals surface area contributed by atoms with Crippen LogP contribution in [0, 0.1) is 11.7 Å². The molecule has 0 aliphatic carbocycles. The van der Waals surface area contributed by atoms with Crippen molar-refractivity contribution in [3.63, 3.8) is 0 Å². The number of aromatic nitrogens is 2. The van der Waals surface area contributed by atoms with E-state index >= 15 is 0 Å². The van der Waals surface area contributed by atoms with Gasteiger partial charge in [0.2, 0.25) is 0 Å². The number of nitrogens with one attached hydrogen (secondary N) is 1. The third kappa shape index (κ3) is 2.99. The summed E-state index contributed by atoms with van der Waals surface area (Å²) < 4.78 is 45.1. The van der Waals surface area contributed by atoms with E-state index in [1.165, 1.54) is 12.1 Å². The first-order valence-corrected chi connectivity index (χ1v) is 7.45. The zero-order valence-corrected chi connectivity index (χ0v) is 14.4. The van der Waals surface area contributed by atoms with Crippen LogP contribution in [0.3, 0.4) is 0 Å². The Bertz CT molecular complexity index is 966. The summed E-state index contributed by atoms with van der Waals surface area (Å²) >= 11 is 4.96. The number of esters is 1. The SMILES string of the molecule is COC(=O)C(O)(c1c(N)n(-c2ccc(C)cc2)c(=S)[nH]c1=O)C(F)(F)F. The van der Waals surface area contributed by atoms with Gasteiger partial charge in [-0.25, -0.2) is 4.79 Å². The van der Waals surface area contributed by atoms with Crippen LogP contribution in [-0.4, -0.2) is 33.9 Å².